The summed E-state index contributed by atoms with van der Waals surface area (Å²) < 4.78 is 0. The van der Waals surface area contributed by atoms with Gasteiger partial charge in [-0.2, -0.15) is 0 Å². The number of amides is 4. The summed E-state index contributed by atoms with van der Waals surface area (Å²) in [6.45, 7) is 2.59. The number of nitrogens with one attached hydrogen (secondary N) is 1. The first-order chi connectivity index (χ1) is 9.53. The summed E-state index contributed by atoms with van der Waals surface area (Å²) in [7, 11) is 2.11. The first-order valence-corrected chi connectivity index (χ1v) is 7.39. The van der Waals surface area contributed by atoms with E-state index in [4.69, 9.17) is 0 Å². The Morgan fingerprint density at radius 2 is 1.85 bits per heavy atom. The molecule has 1 saturated carbocycles. The smallest absolute Gasteiger partial charge is 0.306 e. The molecule has 0 bridgehead atoms. The molecular formula is C14H21N3O3. The first-order valence-electron chi connectivity index (χ1n) is 7.39. The molecule has 3 aliphatic rings. The van der Waals surface area contributed by atoms with Crippen LogP contribution in [-0.4, -0.2) is 54.3 Å². The van der Waals surface area contributed by atoms with Crippen molar-refractivity contribution in [1.29, 1.82) is 0 Å². The zero-order chi connectivity index (χ0) is 14.3. The van der Waals surface area contributed by atoms with Crippen LogP contribution < -0.4 is 5.32 Å². The van der Waals surface area contributed by atoms with Crippen LogP contribution in [0.15, 0.2) is 0 Å². The average molecular weight is 279 g/mol. The summed E-state index contributed by atoms with van der Waals surface area (Å²) in [5.74, 6) is -0.109. The molecule has 6 nitrogen and oxygen atoms in total. The predicted octanol–water partition coefficient (Wildman–Crippen LogP) is 0.577. The summed E-state index contributed by atoms with van der Waals surface area (Å²) in [6.07, 6.45) is 4.23. The van der Waals surface area contributed by atoms with Crippen molar-refractivity contribution in [2.24, 2.45) is 11.3 Å². The van der Waals surface area contributed by atoms with E-state index < -0.39 is 17.4 Å². The summed E-state index contributed by atoms with van der Waals surface area (Å²) in [6, 6.07) is -0.537. The lowest BCUT2D eigenvalue weighted by atomic mass is 9.93. The second kappa shape index (κ2) is 4.84. The summed E-state index contributed by atoms with van der Waals surface area (Å²) in [5, 5.41) is 2.33. The molecule has 20 heavy (non-hydrogen) atoms. The molecule has 2 heterocycles. The number of nitrogens with zero attached hydrogens (tertiary/aromatic N) is 2. The van der Waals surface area contributed by atoms with Gasteiger partial charge < -0.3 is 4.90 Å². The van der Waals surface area contributed by atoms with Crippen LogP contribution in [0.2, 0.25) is 0 Å². The van der Waals surface area contributed by atoms with Gasteiger partial charge in [0.25, 0.3) is 0 Å². The van der Waals surface area contributed by atoms with Crippen molar-refractivity contribution in [1.82, 2.24) is 15.1 Å². The molecular weight excluding hydrogens is 258 g/mol. The average Bonchev–Trinajstić information content (AvgIpc) is 3.21. The number of likely N-dealkylation sites (tertiary alicyclic amines) is 1. The third kappa shape index (κ3) is 2.22. The van der Waals surface area contributed by atoms with Crippen LogP contribution in [0.5, 0.6) is 0 Å². The van der Waals surface area contributed by atoms with Crippen LogP contribution in [0, 0.1) is 11.3 Å². The van der Waals surface area contributed by atoms with E-state index in [-0.39, 0.29) is 5.91 Å². The first kappa shape index (κ1) is 13.5. The second-order valence-electron chi connectivity index (χ2n) is 6.33. The normalized spacial score (nSPS) is 27.1. The zero-order valence-electron chi connectivity index (χ0n) is 11.9. The molecule has 3 fully saturated rings. The van der Waals surface area contributed by atoms with Crippen molar-refractivity contribution in [3.8, 4) is 0 Å². The lowest BCUT2D eigenvalue weighted by Crippen LogP contribution is -2.59. The van der Waals surface area contributed by atoms with Gasteiger partial charge in [-0.05, 0) is 58.2 Å². The molecule has 0 radical (unpaired) electrons. The van der Waals surface area contributed by atoms with E-state index in [9.17, 15) is 14.4 Å². The Balaban J connectivity index is 1.58. The van der Waals surface area contributed by atoms with E-state index in [1.165, 1.54) is 4.90 Å². The van der Waals surface area contributed by atoms with E-state index in [1.54, 1.807) is 0 Å². The van der Waals surface area contributed by atoms with Crippen LogP contribution >= 0.6 is 0 Å². The van der Waals surface area contributed by atoms with Gasteiger partial charge in [0.15, 0.2) is 0 Å². The fraction of sp³-hybridized carbons (Fsp3) is 0.786. The Hall–Kier alpha value is -1.43. The Morgan fingerprint density at radius 3 is 2.45 bits per heavy atom. The largest absolute Gasteiger partial charge is 0.330 e. The van der Waals surface area contributed by atoms with E-state index in [0.717, 1.165) is 32.4 Å². The van der Waals surface area contributed by atoms with Gasteiger partial charge in [0.05, 0.1) is 0 Å². The summed E-state index contributed by atoms with van der Waals surface area (Å²) in [5.41, 5.74) is -0.902. The fourth-order valence-corrected chi connectivity index (χ4v) is 3.16. The lowest BCUT2D eigenvalue weighted by molar-refractivity contribution is -0.144. The van der Waals surface area contributed by atoms with Crippen molar-refractivity contribution >= 4 is 17.8 Å². The Morgan fingerprint density at radius 1 is 1.20 bits per heavy atom. The summed E-state index contributed by atoms with van der Waals surface area (Å²) in [4.78, 5) is 39.4. The van der Waals surface area contributed by atoms with E-state index >= 15 is 0 Å². The molecule has 0 aromatic rings. The third-order valence-electron chi connectivity index (χ3n) is 4.90. The number of hydrogen-bond acceptors (Lipinski definition) is 4. The molecule has 3 rings (SSSR count). The number of rotatable bonds is 3. The lowest BCUT2D eigenvalue weighted by Gasteiger charge is -2.33. The molecule has 6 heteroatoms. The van der Waals surface area contributed by atoms with Crippen LogP contribution in [0.1, 0.15) is 32.1 Å². The van der Waals surface area contributed by atoms with Crippen molar-refractivity contribution in [3.05, 3.63) is 0 Å². The molecule has 0 unspecified atom stereocenters. The van der Waals surface area contributed by atoms with Gasteiger partial charge in [0.1, 0.15) is 5.41 Å². The minimum absolute atomic E-state index is 0.279. The molecule has 0 aromatic heterocycles. The van der Waals surface area contributed by atoms with E-state index in [1.807, 2.05) is 0 Å². The number of barbiturate groups is 1. The molecule has 1 aliphatic carbocycles. The SMILES string of the molecule is CN1CCC(CCN2C(=O)NC(=O)C3(CC3)C2=O)CC1. The number of urea groups is 1. The van der Waals surface area contributed by atoms with Gasteiger partial charge >= 0.3 is 6.03 Å². The maximum Gasteiger partial charge on any atom is 0.330 e. The molecule has 110 valence electrons. The minimum atomic E-state index is -0.902. The van der Waals surface area contributed by atoms with Crippen molar-refractivity contribution in [2.75, 3.05) is 26.7 Å². The highest BCUT2D eigenvalue weighted by Gasteiger charge is 2.62. The van der Waals surface area contributed by atoms with Crippen molar-refractivity contribution in [2.45, 2.75) is 32.1 Å². The molecule has 2 saturated heterocycles. The molecule has 0 atom stereocenters. The fourth-order valence-electron chi connectivity index (χ4n) is 3.16. The molecule has 2 aliphatic heterocycles. The molecule has 1 N–H and O–H groups in total. The van der Waals surface area contributed by atoms with Crippen LogP contribution in [0.25, 0.3) is 0 Å². The molecule has 0 aromatic carbocycles. The maximum absolute atomic E-state index is 12.3. The Bertz CT molecular complexity index is 451. The number of imide groups is 2. The van der Waals surface area contributed by atoms with E-state index in [2.05, 4.69) is 17.3 Å². The number of carbonyl (C=O) groups is 3. The van der Waals surface area contributed by atoms with Gasteiger partial charge in [0, 0.05) is 6.54 Å². The molecule has 1 spiro atoms. The van der Waals surface area contributed by atoms with Gasteiger partial charge in [-0.15, -0.1) is 0 Å². The van der Waals surface area contributed by atoms with E-state index in [0.29, 0.717) is 25.3 Å². The highest BCUT2D eigenvalue weighted by molar-refractivity contribution is 6.20. The van der Waals surface area contributed by atoms with Crippen LogP contribution in [0.4, 0.5) is 4.79 Å². The standard InChI is InChI=1S/C14H21N3O3/c1-16-7-2-10(3-8-16)4-9-17-12(19)14(5-6-14)11(18)15-13(17)20/h10H,2-9H2,1H3,(H,15,18,20). The van der Waals surface area contributed by atoms with Crippen LogP contribution in [0.3, 0.4) is 0 Å². The molecule has 4 amide bonds. The van der Waals surface area contributed by atoms with Gasteiger partial charge in [-0.25, -0.2) is 4.79 Å². The van der Waals surface area contributed by atoms with Gasteiger partial charge in [-0.3, -0.25) is 19.8 Å². The second-order valence-corrected chi connectivity index (χ2v) is 6.33. The van der Waals surface area contributed by atoms with Crippen molar-refractivity contribution < 1.29 is 14.4 Å². The topological polar surface area (TPSA) is 69.7 Å². The Kier molecular flexibility index (Phi) is 3.28. The summed E-state index contributed by atoms with van der Waals surface area (Å²) >= 11 is 0. The van der Waals surface area contributed by atoms with Gasteiger partial charge in [0.2, 0.25) is 11.8 Å². The minimum Gasteiger partial charge on any atom is -0.306 e. The Labute approximate surface area is 118 Å². The highest BCUT2D eigenvalue weighted by atomic mass is 16.2. The zero-order valence-corrected chi connectivity index (χ0v) is 11.9. The maximum atomic E-state index is 12.3. The highest BCUT2D eigenvalue weighted by Crippen LogP contribution is 2.49. The predicted molar refractivity (Wildman–Crippen MR) is 71.8 cm³/mol. The number of carbonyl (C=O) groups excluding carboxylic acids is 3. The van der Waals surface area contributed by atoms with Gasteiger partial charge in [-0.1, -0.05) is 0 Å². The number of hydrogen-bond donors (Lipinski definition) is 1. The van der Waals surface area contributed by atoms with Crippen molar-refractivity contribution in [3.63, 3.8) is 0 Å². The number of piperidine rings is 1. The third-order valence-corrected chi connectivity index (χ3v) is 4.90. The monoisotopic (exact) mass is 279 g/mol. The quantitative estimate of drug-likeness (QED) is 0.767. The van der Waals surface area contributed by atoms with Crippen LogP contribution in [-0.2, 0) is 9.59 Å².